The summed E-state index contributed by atoms with van der Waals surface area (Å²) in [4.78, 5) is 14.3. The molecule has 24 heavy (non-hydrogen) atoms. The summed E-state index contributed by atoms with van der Waals surface area (Å²) in [6.45, 7) is 2.13. The van der Waals surface area contributed by atoms with Crippen molar-refractivity contribution in [3.05, 3.63) is 54.1 Å². The minimum atomic E-state index is -0.215. The minimum absolute atomic E-state index is 0.0697. The van der Waals surface area contributed by atoms with E-state index in [9.17, 15) is 4.79 Å². The highest BCUT2D eigenvalue weighted by molar-refractivity contribution is 5.92. The highest BCUT2D eigenvalue weighted by atomic mass is 16.5. The van der Waals surface area contributed by atoms with Gasteiger partial charge in [0.05, 0.1) is 11.6 Å². The van der Waals surface area contributed by atoms with Crippen molar-refractivity contribution in [3.8, 4) is 11.8 Å². The molecule has 2 aromatic carbocycles. The van der Waals surface area contributed by atoms with Crippen molar-refractivity contribution in [2.45, 2.75) is 12.8 Å². The Labute approximate surface area is 141 Å². The van der Waals surface area contributed by atoms with E-state index in [2.05, 4.69) is 10.2 Å². The number of carbonyl (C=O) groups excluding carboxylic acids is 1. The smallest absolute Gasteiger partial charge is 0.262 e. The number of nitriles is 1. The minimum Gasteiger partial charge on any atom is -0.484 e. The van der Waals surface area contributed by atoms with Gasteiger partial charge in [-0.15, -0.1) is 0 Å². The number of ether oxygens (including phenoxy) is 1. The van der Waals surface area contributed by atoms with Crippen molar-refractivity contribution >= 4 is 17.3 Å². The Morgan fingerprint density at radius 1 is 1.08 bits per heavy atom. The van der Waals surface area contributed by atoms with E-state index in [0.717, 1.165) is 18.8 Å². The molecule has 1 amide bonds. The van der Waals surface area contributed by atoms with Crippen molar-refractivity contribution < 1.29 is 9.53 Å². The summed E-state index contributed by atoms with van der Waals surface area (Å²) in [7, 11) is 0. The molecule has 1 fully saturated rings. The van der Waals surface area contributed by atoms with Gasteiger partial charge in [0.15, 0.2) is 6.61 Å². The summed E-state index contributed by atoms with van der Waals surface area (Å²) in [5.74, 6) is 0.349. The van der Waals surface area contributed by atoms with Gasteiger partial charge in [0.1, 0.15) is 5.75 Å². The Bertz CT molecular complexity index is 727. The molecule has 0 aliphatic carbocycles. The summed E-state index contributed by atoms with van der Waals surface area (Å²) in [6.07, 6.45) is 2.48. The second kappa shape index (κ2) is 7.51. The molecule has 0 atom stereocenters. The SMILES string of the molecule is N#Cc1ccc(OCC(=O)Nc2ccc(N3CCCC3)cc2)cc1. The number of hydrogen-bond acceptors (Lipinski definition) is 4. The normalized spacial score (nSPS) is 13.4. The van der Waals surface area contributed by atoms with Crippen LogP contribution in [0, 0.1) is 11.3 Å². The molecule has 5 nitrogen and oxygen atoms in total. The zero-order valence-corrected chi connectivity index (χ0v) is 13.4. The van der Waals surface area contributed by atoms with Crippen LogP contribution in [0.1, 0.15) is 18.4 Å². The van der Waals surface area contributed by atoms with E-state index in [1.54, 1.807) is 24.3 Å². The number of nitrogens with zero attached hydrogens (tertiary/aromatic N) is 2. The number of rotatable bonds is 5. The van der Waals surface area contributed by atoms with Gasteiger partial charge in [-0.3, -0.25) is 4.79 Å². The van der Waals surface area contributed by atoms with Crippen LogP contribution in [0.4, 0.5) is 11.4 Å². The van der Waals surface area contributed by atoms with Crippen LogP contribution in [0.2, 0.25) is 0 Å². The molecule has 2 aromatic rings. The molecule has 3 rings (SSSR count). The van der Waals surface area contributed by atoms with Crippen molar-refractivity contribution in [2.75, 3.05) is 29.9 Å². The van der Waals surface area contributed by atoms with Crippen LogP contribution < -0.4 is 15.0 Å². The number of anilines is 2. The first kappa shape index (κ1) is 15.9. The van der Waals surface area contributed by atoms with Crippen molar-refractivity contribution in [1.29, 1.82) is 5.26 Å². The Balaban J connectivity index is 1.49. The van der Waals surface area contributed by atoms with Crippen molar-refractivity contribution in [1.82, 2.24) is 0 Å². The fourth-order valence-corrected chi connectivity index (χ4v) is 2.70. The first-order valence-corrected chi connectivity index (χ1v) is 8.02. The maximum atomic E-state index is 12.0. The average Bonchev–Trinajstić information content (AvgIpc) is 3.16. The van der Waals surface area contributed by atoms with Crippen LogP contribution >= 0.6 is 0 Å². The molecule has 1 heterocycles. The fourth-order valence-electron chi connectivity index (χ4n) is 2.70. The van der Waals surface area contributed by atoms with E-state index in [4.69, 9.17) is 10.00 Å². The van der Waals surface area contributed by atoms with Gasteiger partial charge in [0.2, 0.25) is 0 Å². The first-order chi connectivity index (χ1) is 11.7. The number of hydrogen-bond donors (Lipinski definition) is 1. The molecular weight excluding hydrogens is 302 g/mol. The Kier molecular flexibility index (Phi) is 4.97. The number of amides is 1. The maximum absolute atomic E-state index is 12.0. The second-order valence-corrected chi connectivity index (χ2v) is 5.71. The van der Waals surface area contributed by atoms with Crippen molar-refractivity contribution in [2.24, 2.45) is 0 Å². The van der Waals surface area contributed by atoms with Crippen LogP contribution in [0.3, 0.4) is 0 Å². The third kappa shape index (κ3) is 4.05. The van der Waals surface area contributed by atoms with Crippen LogP contribution in [0.15, 0.2) is 48.5 Å². The topological polar surface area (TPSA) is 65.4 Å². The molecule has 122 valence electrons. The predicted octanol–water partition coefficient (Wildman–Crippen LogP) is 3.18. The zero-order valence-electron chi connectivity index (χ0n) is 13.4. The number of carbonyl (C=O) groups is 1. The Morgan fingerprint density at radius 2 is 1.75 bits per heavy atom. The Morgan fingerprint density at radius 3 is 2.38 bits per heavy atom. The molecule has 0 radical (unpaired) electrons. The largest absolute Gasteiger partial charge is 0.484 e. The second-order valence-electron chi connectivity index (χ2n) is 5.71. The maximum Gasteiger partial charge on any atom is 0.262 e. The lowest BCUT2D eigenvalue weighted by molar-refractivity contribution is -0.118. The average molecular weight is 321 g/mol. The molecule has 0 spiro atoms. The van der Waals surface area contributed by atoms with E-state index >= 15 is 0 Å². The van der Waals surface area contributed by atoms with Gasteiger partial charge in [-0.25, -0.2) is 0 Å². The molecule has 1 aliphatic heterocycles. The van der Waals surface area contributed by atoms with E-state index in [0.29, 0.717) is 11.3 Å². The molecule has 0 bridgehead atoms. The van der Waals surface area contributed by atoms with E-state index in [1.807, 2.05) is 30.3 Å². The highest BCUT2D eigenvalue weighted by Gasteiger charge is 2.12. The molecule has 0 aromatic heterocycles. The molecule has 1 N–H and O–H groups in total. The molecule has 0 saturated carbocycles. The lowest BCUT2D eigenvalue weighted by atomic mass is 10.2. The fraction of sp³-hybridized carbons (Fsp3) is 0.263. The predicted molar refractivity (Wildman–Crippen MR) is 93.2 cm³/mol. The molecule has 5 heteroatoms. The lowest BCUT2D eigenvalue weighted by Crippen LogP contribution is -2.20. The number of benzene rings is 2. The van der Waals surface area contributed by atoms with Crippen LogP contribution in [0.25, 0.3) is 0 Å². The summed E-state index contributed by atoms with van der Waals surface area (Å²) < 4.78 is 5.41. The highest BCUT2D eigenvalue weighted by Crippen LogP contribution is 2.22. The van der Waals surface area contributed by atoms with E-state index in [-0.39, 0.29) is 12.5 Å². The van der Waals surface area contributed by atoms with Gasteiger partial charge in [-0.1, -0.05) is 0 Å². The molecule has 1 aliphatic rings. The van der Waals surface area contributed by atoms with Gasteiger partial charge in [-0.05, 0) is 61.4 Å². The first-order valence-electron chi connectivity index (χ1n) is 8.02. The third-order valence-electron chi connectivity index (χ3n) is 3.98. The monoisotopic (exact) mass is 321 g/mol. The summed E-state index contributed by atoms with van der Waals surface area (Å²) in [6, 6.07) is 16.6. The quantitative estimate of drug-likeness (QED) is 0.918. The summed E-state index contributed by atoms with van der Waals surface area (Å²) in [5, 5.41) is 11.6. The third-order valence-corrected chi connectivity index (χ3v) is 3.98. The van der Waals surface area contributed by atoms with Gasteiger partial charge in [-0.2, -0.15) is 5.26 Å². The summed E-state index contributed by atoms with van der Waals surface area (Å²) in [5.41, 5.74) is 2.51. The van der Waals surface area contributed by atoms with Gasteiger partial charge < -0.3 is 15.0 Å². The lowest BCUT2D eigenvalue weighted by Gasteiger charge is -2.17. The molecular formula is C19H19N3O2. The van der Waals surface area contributed by atoms with Crippen LogP contribution in [0.5, 0.6) is 5.75 Å². The van der Waals surface area contributed by atoms with Crippen molar-refractivity contribution in [3.63, 3.8) is 0 Å². The van der Waals surface area contributed by atoms with Crippen LogP contribution in [-0.4, -0.2) is 25.6 Å². The van der Waals surface area contributed by atoms with Gasteiger partial charge in [0, 0.05) is 24.5 Å². The van der Waals surface area contributed by atoms with Crippen LogP contribution in [-0.2, 0) is 4.79 Å². The van der Waals surface area contributed by atoms with E-state index < -0.39 is 0 Å². The molecule has 1 saturated heterocycles. The molecule has 0 unspecified atom stereocenters. The van der Waals surface area contributed by atoms with Gasteiger partial charge >= 0.3 is 0 Å². The summed E-state index contributed by atoms with van der Waals surface area (Å²) >= 11 is 0. The Hall–Kier alpha value is -3.00. The zero-order chi connectivity index (χ0) is 16.8. The van der Waals surface area contributed by atoms with E-state index in [1.165, 1.54) is 18.5 Å². The number of nitrogens with one attached hydrogen (secondary N) is 1. The standard InChI is InChI=1S/C19H19N3O2/c20-13-15-3-9-18(10-4-15)24-14-19(23)21-16-5-7-17(8-6-16)22-11-1-2-12-22/h3-10H,1-2,11-12,14H2,(H,21,23). The van der Waals surface area contributed by atoms with Gasteiger partial charge in [0.25, 0.3) is 5.91 Å².